The maximum absolute atomic E-state index is 12.1. The molecule has 146 valence electrons. The fourth-order valence-electron chi connectivity index (χ4n) is 3.42. The lowest BCUT2D eigenvalue weighted by atomic mass is 10.1. The van der Waals surface area contributed by atoms with Gasteiger partial charge >= 0.3 is 0 Å². The van der Waals surface area contributed by atoms with Crippen LogP contribution in [0.1, 0.15) is 17.7 Å². The second-order valence-electron chi connectivity index (χ2n) is 7.04. The lowest BCUT2D eigenvalue weighted by Gasteiger charge is -2.19. The van der Waals surface area contributed by atoms with Crippen molar-refractivity contribution in [3.8, 4) is 11.4 Å². The Labute approximate surface area is 164 Å². The van der Waals surface area contributed by atoms with E-state index in [1.807, 2.05) is 29.1 Å². The highest BCUT2D eigenvalue weighted by Gasteiger charge is 2.10. The molecule has 0 bridgehead atoms. The van der Waals surface area contributed by atoms with E-state index in [2.05, 4.69) is 32.1 Å². The first kappa shape index (κ1) is 18.6. The summed E-state index contributed by atoms with van der Waals surface area (Å²) in [7, 11) is 0. The fraction of sp³-hybridized carbons (Fsp3) is 0.381. The molecular formula is C21H25N5O2. The Bertz CT molecular complexity index is 926. The molecule has 1 saturated heterocycles. The van der Waals surface area contributed by atoms with E-state index in [4.69, 9.17) is 4.74 Å². The summed E-state index contributed by atoms with van der Waals surface area (Å²) >= 11 is 0. The molecule has 1 aliphatic rings. The van der Waals surface area contributed by atoms with Gasteiger partial charge in [0.05, 0.1) is 12.3 Å². The summed E-state index contributed by atoms with van der Waals surface area (Å²) < 4.78 is 7.35. The van der Waals surface area contributed by atoms with Crippen molar-refractivity contribution in [2.45, 2.75) is 25.9 Å². The van der Waals surface area contributed by atoms with E-state index in [0.717, 1.165) is 50.5 Å². The van der Waals surface area contributed by atoms with Crippen molar-refractivity contribution in [3.63, 3.8) is 0 Å². The summed E-state index contributed by atoms with van der Waals surface area (Å²) in [6, 6.07) is 11.7. The van der Waals surface area contributed by atoms with Gasteiger partial charge < -0.3 is 9.72 Å². The van der Waals surface area contributed by atoms with Crippen molar-refractivity contribution in [2.75, 3.05) is 26.3 Å². The van der Waals surface area contributed by atoms with Crippen molar-refractivity contribution >= 4 is 0 Å². The second kappa shape index (κ2) is 8.95. The molecule has 0 saturated carbocycles. The van der Waals surface area contributed by atoms with Crippen LogP contribution in [0.15, 0.2) is 53.6 Å². The lowest BCUT2D eigenvalue weighted by molar-refractivity contribution is 0.140. The van der Waals surface area contributed by atoms with Crippen molar-refractivity contribution in [1.29, 1.82) is 0 Å². The zero-order chi connectivity index (χ0) is 19.2. The highest BCUT2D eigenvalue weighted by Crippen LogP contribution is 2.16. The molecule has 2 aromatic heterocycles. The first-order chi connectivity index (χ1) is 13.8. The van der Waals surface area contributed by atoms with Gasteiger partial charge in [0.15, 0.2) is 0 Å². The Balaban J connectivity index is 1.45. The van der Waals surface area contributed by atoms with E-state index in [0.29, 0.717) is 18.8 Å². The molecule has 3 heterocycles. The van der Waals surface area contributed by atoms with Crippen LogP contribution in [0.25, 0.3) is 11.4 Å². The molecule has 0 atom stereocenters. The highest BCUT2D eigenvalue weighted by atomic mass is 16.5. The van der Waals surface area contributed by atoms with Crippen LogP contribution in [0.4, 0.5) is 0 Å². The number of hydrogen-bond donors (Lipinski definition) is 1. The Morgan fingerprint density at radius 2 is 2.04 bits per heavy atom. The average Bonchev–Trinajstić information content (AvgIpc) is 3.10. The Kier molecular flexibility index (Phi) is 5.94. The van der Waals surface area contributed by atoms with E-state index in [9.17, 15) is 4.79 Å². The first-order valence-corrected chi connectivity index (χ1v) is 9.73. The largest absolute Gasteiger partial charge is 0.380 e. The quantitative estimate of drug-likeness (QED) is 0.710. The van der Waals surface area contributed by atoms with Gasteiger partial charge in [-0.3, -0.25) is 14.4 Å². The highest BCUT2D eigenvalue weighted by molar-refractivity contribution is 5.55. The molecule has 7 heteroatoms. The summed E-state index contributed by atoms with van der Waals surface area (Å²) in [6.07, 6.45) is 5.39. The number of aryl methyl sites for hydroxylation is 2. The lowest BCUT2D eigenvalue weighted by Crippen LogP contribution is -2.25. The molecule has 0 amide bonds. The summed E-state index contributed by atoms with van der Waals surface area (Å²) in [4.78, 5) is 22.0. The van der Waals surface area contributed by atoms with Gasteiger partial charge in [-0.1, -0.05) is 24.3 Å². The van der Waals surface area contributed by atoms with Crippen LogP contribution in [0.5, 0.6) is 0 Å². The van der Waals surface area contributed by atoms with Gasteiger partial charge in [0.2, 0.25) is 0 Å². The average molecular weight is 379 g/mol. The monoisotopic (exact) mass is 379 g/mol. The number of nitrogens with one attached hydrogen (secondary N) is 1. The van der Waals surface area contributed by atoms with Crippen molar-refractivity contribution in [1.82, 2.24) is 24.6 Å². The Morgan fingerprint density at radius 1 is 1.14 bits per heavy atom. The molecule has 1 aromatic carbocycles. The van der Waals surface area contributed by atoms with Crippen LogP contribution in [-0.4, -0.2) is 51.0 Å². The van der Waals surface area contributed by atoms with Gasteiger partial charge in [0, 0.05) is 63.2 Å². The summed E-state index contributed by atoms with van der Waals surface area (Å²) in [5.41, 5.74) is 2.81. The molecule has 4 rings (SSSR count). The standard InChI is InChI=1S/C21H25N5O2/c27-20-15-19(7-11-26-10-1-8-22-26)23-21(24-20)18-5-3-17(4-6-18)16-25-9-2-13-28-14-12-25/h1,3-6,8,10,15H,2,7,9,11-14,16H2,(H,23,24,27). The number of ether oxygens (including phenoxy) is 1. The third kappa shape index (κ3) is 4.94. The minimum atomic E-state index is -0.130. The van der Waals surface area contributed by atoms with Gasteiger partial charge in [-0.05, 0) is 18.1 Å². The Morgan fingerprint density at radius 3 is 2.86 bits per heavy atom. The van der Waals surface area contributed by atoms with Crippen molar-refractivity contribution < 1.29 is 4.74 Å². The van der Waals surface area contributed by atoms with Crippen molar-refractivity contribution in [3.05, 3.63) is 70.4 Å². The van der Waals surface area contributed by atoms with Crippen LogP contribution in [0, 0.1) is 0 Å². The minimum absolute atomic E-state index is 0.130. The molecule has 1 aliphatic heterocycles. The van der Waals surface area contributed by atoms with Crippen LogP contribution in [-0.2, 0) is 24.2 Å². The zero-order valence-corrected chi connectivity index (χ0v) is 15.9. The molecule has 3 aromatic rings. The molecule has 1 N–H and O–H groups in total. The molecule has 28 heavy (non-hydrogen) atoms. The van der Waals surface area contributed by atoms with Crippen LogP contribution in [0.3, 0.4) is 0 Å². The minimum Gasteiger partial charge on any atom is -0.380 e. The summed E-state index contributed by atoms with van der Waals surface area (Å²) in [6.45, 7) is 5.29. The number of rotatable bonds is 6. The van der Waals surface area contributed by atoms with E-state index in [1.165, 1.54) is 5.56 Å². The maximum Gasteiger partial charge on any atom is 0.251 e. The van der Waals surface area contributed by atoms with E-state index in [1.54, 1.807) is 12.3 Å². The number of H-pyrrole nitrogens is 1. The zero-order valence-electron chi connectivity index (χ0n) is 15.9. The molecule has 0 unspecified atom stereocenters. The van der Waals surface area contributed by atoms with Gasteiger partial charge in [-0.25, -0.2) is 4.98 Å². The molecule has 1 fully saturated rings. The molecular weight excluding hydrogens is 354 g/mol. The third-order valence-corrected chi connectivity index (χ3v) is 4.90. The van der Waals surface area contributed by atoms with Gasteiger partial charge in [-0.2, -0.15) is 5.10 Å². The topological polar surface area (TPSA) is 76.0 Å². The Hall–Kier alpha value is -2.77. The predicted molar refractivity (Wildman–Crippen MR) is 107 cm³/mol. The summed E-state index contributed by atoms with van der Waals surface area (Å²) in [5.74, 6) is 0.609. The maximum atomic E-state index is 12.1. The van der Waals surface area contributed by atoms with Crippen molar-refractivity contribution in [2.24, 2.45) is 0 Å². The molecule has 0 spiro atoms. The smallest absolute Gasteiger partial charge is 0.251 e. The van der Waals surface area contributed by atoms with Crippen LogP contribution >= 0.6 is 0 Å². The molecule has 0 aliphatic carbocycles. The first-order valence-electron chi connectivity index (χ1n) is 9.73. The SMILES string of the molecule is O=c1cc(CCn2cccn2)nc(-c2ccc(CN3CCCOCC3)cc2)[nH]1. The molecule has 0 radical (unpaired) electrons. The second-order valence-corrected chi connectivity index (χ2v) is 7.04. The van der Waals surface area contributed by atoms with Crippen LogP contribution in [0.2, 0.25) is 0 Å². The number of aromatic amines is 1. The third-order valence-electron chi connectivity index (χ3n) is 4.90. The number of hydrogen-bond acceptors (Lipinski definition) is 5. The number of benzene rings is 1. The van der Waals surface area contributed by atoms with E-state index in [-0.39, 0.29) is 5.56 Å². The van der Waals surface area contributed by atoms with Gasteiger partial charge in [0.25, 0.3) is 5.56 Å². The number of aromatic nitrogens is 4. The van der Waals surface area contributed by atoms with E-state index < -0.39 is 0 Å². The predicted octanol–water partition coefficient (Wildman–Crippen LogP) is 2.10. The normalized spacial score (nSPS) is 15.4. The van der Waals surface area contributed by atoms with Gasteiger partial charge in [0.1, 0.15) is 5.82 Å². The van der Waals surface area contributed by atoms with Gasteiger partial charge in [-0.15, -0.1) is 0 Å². The van der Waals surface area contributed by atoms with Crippen LogP contribution < -0.4 is 5.56 Å². The fourth-order valence-corrected chi connectivity index (χ4v) is 3.42. The summed E-state index contributed by atoms with van der Waals surface area (Å²) in [5, 5.41) is 4.19. The number of nitrogens with zero attached hydrogens (tertiary/aromatic N) is 4. The van der Waals surface area contributed by atoms with E-state index >= 15 is 0 Å². The molecule has 7 nitrogen and oxygen atoms in total.